The molecular weight excluding hydrogens is 452 g/mol. The van der Waals surface area contributed by atoms with Crippen LogP contribution in [0.15, 0.2) is 66.2 Å². The second-order valence-electron chi connectivity index (χ2n) is 7.12. The van der Waals surface area contributed by atoms with Gasteiger partial charge < -0.3 is 14.8 Å². The molecule has 34 heavy (non-hydrogen) atoms. The number of hydrogen-bond acceptors (Lipinski definition) is 9. The molecule has 0 unspecified atom stereocenters. The van der Waals surface area contributed by atoms with Gasteiger partial charge in [-0.1, -0.05) is 42.5 Å². The van der Waals surface area contributed by atoms with Crippen LogP contribution < -0.4 is 10.1 Å². The number of rotatable bonds is 7. The normalized spacial score (nSPS) is 10.9. The zero-order valence-corrected chi connectivity index (χ0v) is 19.2. The maximum atomic E-state index is 12.5. The number of carbonyl (C=O) groups is 1. The fraction of sp³-hybridized carbons (Fsp3) is 0.125. The average Bonchev–Trinajstić information content (AvgIpc) is 3.45. The van der Waals surface area contributed by atoms with Gasteiger partial charge in [-0.3, -0.25) is 0 Å². The van der Waals surface area contributed by atoms with Gasteiger partial charge in [0.15, 0.2) is 11.6 Å². The van der Waals surface area contributed by atoms with Gasteiger partial charge in [-0.15, -0.1) is 16.4 Å². The Morgan fingerprint density at radius 1 is 1.09 bits per heavy atom. The summed E-state index contributed by atoms with van der Waals surface area (Å²) in [6.07, 6.45) is 1.45. The Morgan fingerprint density at radius 2 is 1.88 bits per heavy atom. The molecule has 0 radical (unpaired) electrons. The molecule has 170 valence electrons. The molecule has 5 aromatic rings. The van der Waals surface area contributed by atoms with Gasteiger partial charge in [0.05, 0.1) is 19.4 Å². The molecule has 3 aromatic heterocycles. The summed E-state index contributed by atoms with van der Waals surface area (Å²) in [6.45, 7) is 1.98. The molecule has 0 spiro atoms. The number of thiazole rings is 1. The average molecular weight is 473 g/mol. The first-order chi connectivity index (χ1) is 16.7. The molecule has 1 N–H and O–H groups in total. The standard InChI is InChI=1S/C24H20N6O3S/c1-3-33-22(31)17-13-25-20(15-9-5-4-6-10-15)26-21(17)27-23-28-24-30(29-23)18(14-34-24)16-11-7-8-12-19(16)32-2/h4-14H,3H2,1-2H3,(H,25,26,27,29). The predicted molar refractivity (Wildman–Crippen MR) is 130 cm³/mol. The molecule has 0 aliphatic carbocycles. The molecule has 2 aromatic carbocycles. The number of benzene rings is 2. The molecule has 10 heteroatoms. The number of ether oxygens (including phenoxy) is 2. The van der Waals surface area contributed by atoms with Crippen molar-refractivity contribution in [2.45, 2.75) is 6.92 Å². The Hall–Kier alpha value is -4.31. The molecule has 0 bridgehead atoms. The molecule has 0 aliphatic rings. The van der Waals surface area contributed by atoms with E-state index >= 15 is 0 Å². The number of carbonyl (C=O) groups excluding carboxylic acids is 1. The van der Waals surface area contributed by atoms with Crippen LogP contribution in [0, 0.1) is 0 Å². The van der Waals surface area contributed by atoms with Crippen molar-refractivity contribution in [2.75, 3.05) is 19.0 Å². The molecule has 0 amide bonds. The topological polar surface area (TPSA) is 104 Å². The van der Waals surface area contributed by atoms with Gasteiger partial charge in [-0.05, 0) is 19.1 Å². The minimum Gasteiger partial charge on any atom is -0.496 e. The van der Waals surface area contributed by atoms with Crippen LogP contribution in [0.2, 0.25) is 0 Å². The van der Waals surface area contributed by atoms with Crippen LogP contribution in [0.5, 0.6) is 5.75 Å². The minimum absolute atomic E-state index is 0.199. The second kappa shape index (κ2) is 9.28. The molecule has 0 saturated carbocycles. The van der Waals surface area contributed by atoms with Crippen LogP contribution in [0.1, 0.15) is 17.3 Å². The van der Waals surface area contributed by atoms with Gasteiger partial charge in [-0.25, -0.2) is 19.3 Å². The van der Waals surface area contributed by atoms with Gasteiger partial charge in [0.2, 0.25) is 10.9 Å². The molecule has 9 nitrogen and oxygen atoms in total. The number of nitrogens with one attached hydrogen (secondary N) is 1. The van der Waals surface area contributed by atoms with Crippen molar-refractivity contribution in [3.05, 3.63) is 71.7 Å². The van der Waals surface area contributed by atoms with Crippen LogP contribution in [-0.4, -0.2) is 44.3 Å². The zero-order valence-electron chi connectivity index (χ0n) is 18.4. The van der Waals surface area contributed by atoms with Gasteiger partial charge in [0.25, 0.3) is 0 Å². The number of nitrogens with zero attached hydrogens (tertiary/aromatic N) is 5. The summed E-state index contributed by atoms with van der Waals surface area (Å²) in [6, 6.07) is 17.2. The fourth-order valence-electron chi connectivity index (χ4n) is 3.44. The molecule has 0 atom stereocenters. The van der Waals surface area contributed by atoms with E-state index in [4.69, 9.17) is 9.47 Å². The van der Waals surface area contributed by atoms with Gasteiger partial charge >= 0.3 is 5.97 Å². The molecule has 0 fully saturated rings. The predicted octanol–water partition coefficient (Wildman–Crippen LogP) is 4.84. The third-order valence-corrected chi connectivity index (χ3v) is 5.83. The number of aromatic nitrogens is 5. The largest absolute Gasteiger partial charge is 0.496 e. The summed E-state index contributed by atoms with van der Waals surface area (Å²) in [5.41, 5.74) is 2.76. The minimum atomic E-state index is -0.527. The van der Waals surface area contributed by atoms with E-state index in [1.165, 1.54) is 17.5 Å². The van der Waals surface area contributed by atoms with E-state index in [1.807, 2.05) is 60.0 Å². The number of para-hydroxylation sites is 1. The Kier molecular flexibility index (Phi) is 5.88. The highest BCUT2D eigenvalue weighted by Gasteiger charge is 2.20. The first-order valence-corrected chi connectivity index (χ1v) is 11.4. The monoisotopic (exact) mass is 472 g/mol. The van der Waals surface area contributed by atoms with Crippen molar-refractivity contribution >= 4 is 34.0 Å². The SMILES string of the molecule is CCOC(=O)c1cnc(-c2ccccc2)nc1Nc1nc2scc(-c3ccccc3OC)n2n1. The Balaban J connectivity index is 1.55. The zero-order chi connectivity index (χ0) is 23.5. The van der Waals surface area contributed by atoms with Crippen LogP contribution in [-0.2, 0) is 4.74 Å². The van der Waals surface area contributed by atoms with E-state index in [1.54, 1.807) is 18.5 Å². The van der Waals surface area contributed by atoms with Gasteiger partial charge in [0.1, 0.15) is 11.3 Å². The molecule has 5 rings (SSSR count). The van der Waals surface area contributed by atoms with Gasteiger partial charge in [-0.2, -0.15) is 4.98 Å². The molecular formula is C24H20N6O3S. The summed E-state index contributed by atoms with van der Waals surface area (Å²) in [5.74, 6) is 1.24. The van der Waals surface area contributed by atoms with E-state index in [-0.39, 0.29) is 18.0 Å². The third-order valence-electron chi connectivity index (χ3n) is 5.01. The summed E-state index contributed by atoms with van der Waals surface area (Å²) in [4.78, 5) is 26.7. The number of fused-ring (bicyclic) bond motifs is 1. The van der Waals surface area contributed by atoms with E-state index in [0.717, 1.165) is 22.6 Å². The lowest BCUT2D eigenvalue weighted by Gasteiger charge is -2.10. The van der Waals surface area contributed by atoms with Crippen molar-refractivity contribution in [3.63, 3.8) is 0 Å². The maximum Gasteiger partial charge on any atom is 0.343 e. The van der Waals surface area contributed by atoms with Crippen LogP contribution in [0.3, 0.4) is 0 Å². The van der Waals surface area contributed by atoms with E-state index in [2.05, 4.69) is 25.4 Å². The van der Waals surface area contributed by atoms with Crippen LogP contribution in [0.4, 0.5) is 11.8 Å². The molecule has 0 aliphatic heterocycles. The first kappa shape index (κ1) is 21.5. The summed E-state index contributed by atoms with van der Waals surface area (Å²) in [7, 11) is 1.63. The number of hydrogen-bond donors (Lipinski definition) is 1. The fourth-order valence-corrected chi connectivity index (χ4v) is 4.27. The summed E-state index contributed by atoms with van der Waals surface area (Å²) >= 11 is 1.45. The van der Waals surface area contributed by atoms with Crippen LogP contribution in [0.25, 0.3) is 27.6 Å². The number of esters is 1. The van der Waals surface area contributed by atoms with Crippen LogP contribution >= 0.6 is 11.3 Å². The van der Waals surface area contributed by atoms with E-state index in [9.17, 15) is 4.79 Å². The van der Waals surface area contributed by atoms with Crippen molar-refractivity contribution in [1.82, 2.24) is 24.6 Å². The smallest absolute Gasteiger partial charge is 0.343 e. The lowest BCUT2D eigenvalue weighted by Crippen LogP contribution is -2.11. The second-order valence-corrected chi connectivity index (χ2v) is 7.95. The third kappa shape index (κ3) is 4.06. The molecule has 0 saturated heterocycles. The van der Waals surface area contributed by atoms with E-state index in [0.29, 0.717) is 16.7 Å². The highest BCUT2D eigenvalue weighted by molar-refractivity contribution is 7.15. The Morgan fingerprint density at radius 3 is 2.68 bits per heavy atom. The Bertz CT molecular complexity index is 1460. The van der Waals surface area contributed by atoms with Crippen molar-refractivity contribution < 1.29 is 14.3 Å². The van der Waals surface area contributed by atoms with Crippen molar-refractivity contribution in [2.24, 2.45) is 0 Å². The summed E-state index contributed by atoms with van der Waals surface area (Å²) < 4.78 is 12.4. The highest BCUT2D eigenvalue weighted by atomic mass is 32.1. The van der Waals surface area contributed by atoms with Gasteiger partial charge in [0, 0.05) is 22.7 Å². The van der Waals surface area contributed by atoms with Crippen molar-refractivity contribution in [3.8, 4) is 28.4 Å². The number of methoxy groups -OCH3 is 1. The van der Waals surface area contributed by atoms with Crippen molar-refractivity contribution in [1.29, 1.82) is 0 Å². The summed E-state index contributed by atoms with van der Waals surface area (Å²) in [5, 5.41) is 9.66. The quantitative estimate of drug-likeness (QED) is 0.336. The Labute approximate surface area is 199 Å². The number of anilines is 2. The lowest BCUT2D eigenvalue weighted by atomic mass is 10.1. The lowest BCUT2D eigenvalue weighted by molar-refractivity contribution is 0.0526. The highest BCUT2D eigenvalue weighted by Crippen LogP contribution is 2.33. The maximum absolute atomic E-state index is 12.5. The van der Waals surface area contributed by atoms with E-state index < -0.39 is 5.97 Å². The first-order valence-electron chi connectivity index (χ1n) is 10.5. The molecule has 3 heterocycles.